The molecule has 1 N–H and O–H groups in total. The molecular formula is C13H13N3O. The lowest BCUT2D eigenvalue weighted by Gasteiger charge is -2.05. The number of aromatic nitrogens is 2. The lowest BCUT2D eigenvalue weighted by molar-refractivity contribution is 0.0950. The molecule has 0 aliphatic carbocycles. The van der Waals surface area contributed by atoms with Crippen LogP contribution in [-0.4, -0.2) is 15.9 Å². The SMILES string of the molecule is Cc1cc(C(=O)NCc2ccncc2)ccn1. The maximum atomic E-state index is 11.8. The van der Waals surface area contributed by atoms with Crippen LogP contribution in [0.3, 0.4) is 0 Å². The zero-order chi connectivity index (χ0) is 12.1. The molecule has 0 radical (unpaired) electrons. The highest BCUT2D eigenvalue weighted by Crippen LogP contribution is 2.01. The summed E-state index contributed by atoms with van der Waals surface area (Å²) in [6.07, 6.45) is 5.05. The molecule has 17 heavy (non-hydrogen) atoms. The van der Waals surface area contributed by atoms with Crippen LogP contribution >= 0.6 is 0 Å². The van der Waals surface area contributed by atoms with Crippen LogP contribution in [0.25, 0.3) is 0 Å². The normalized spacial score (nSPS) is 9.94. The summed E-state index contributed by atoms with van der Waals surface area (Å²) in [6, 6.07) is 7.22. The molecule has 2 aromatic rings. The van der Waals surface area contributed by atoms with Crippen molar-refractivity contribution >= 4 is 5.91 Å². The Kier molecular flexibility index (Phi) is 3.45. The number of hydrogen-bond donors (Lipinski definition) is 1. The summed E-state index contributed by atoms with van der Waals surface area (Å²) in [4.78, 5) is 19.8. The quantitative estimate of drug-likeness (QED) is 0.868. The van der Waals surface area contributed by atoms with E-state index in [1.807, 2.05) is 19.1 Å². The van der Waals surface area contributed by atoms with Crippen molar-refractivity contribution in [2.45, 2.75) is 13.5 Å². The van der Waals surface area contributed by atoms with E-state index in [2.05, 4.69) is 15.3 Å². The van der Waals surface area contributed by atoms with E-state index < -0.39 is 0 Å². The highest BCUT2D eigenvalue weighted by molar-refractivity contribution is 5.94. The summed E-state index contributed by atoms with van der Waals surface area (Å²) in [7, 11) is 0. The molecule has 0 aromatic carbocycles. The van der Waals surface area contributed by atoms with E-state index in [0.29, 0.717) is 12.1 Å². The molecule has 0 aliphatic heterocycles. The van der Waals surface area contributed by atoms with Crippen LogP contribution in [0.1, 0.15) is 21.6 Å². The second-order valence-electron chi connectivity index (χ2n) is 3.72. The Balaban J connectivity index is 1.98. The minimum atomic E-state index is -0.0905. The van der Waals surface area contributed by atoms with Crippen molar-refractivity contribution in [1.82, 2.24) is 15.3 Å². The predicted molar refractivity (Wildman–Crippen MR) is 64.4 cm³/mol. The third-order valence-corrected chi connectivity index (χ3v) is 2.36. The van der Waals surface area contributed by atoms with Crippen molar-refractivity contribution < 1.29 is 4.79 Å². The summed E-state index contributed by atoms with van der Waals surface area (Å²) < 4.78 is 0. The van der Waals surface area contributed by atoms with E-state index in [0.717, 1.165) is 11.3 Å². The van der Waals surface area contributed by atoms with Crippen molar-refractivity contribution in [3.63, 3.8) is 0 Å². The molecule has 4 heteroatoms. The van der Waals surface area contributed by atoms with Crippen LogP contribution in [0.5, 0.6) is 0 Å². The molecule has 2 heterocycles. The van der Waals surface area contributed by atoms with Crippen LogP contribution in [0.4, 0.5) is 0 Å². The zero-order valence-electron chi connectivity index (χ0n) is 9.55. The number of nitrogens with one attached hydrogen (secondary N) is 1. The predicted octanol–water partition coefficient (Wildman–Crippen LogP) is 1.72. The monoisotopic (exact) mass is 227 g/mol. The molecule has 0 fully saturated rings. The highest BCUT2D eigenvalue weighted by atomic mass is 16.1. The van der Waals surface area contributed by atoms with Gasteiger partial charge in [-0.1, -0.05) is 0 Å². The molecule has 0 bridgehead atoms. The number of aryl methyl sites for hydroxylation is 1. The Bertz CT molecular complexity index is 511. The van der Waals surface area contributed by atoms with Crippen LogP contribution in [0, 0.1) is 6.92 Å². The first-order valence-electron chi connectivity index (χ1n) is 5.35. The van der Waals surface area contributed by atoms with Crippen molar-refractivity contribution in [2.75, 3.05) is 0 Å². The summed E-state index contributed by atoms with van der Waals surface area (Å²) in [5.41, 5.74) is 2.49. The molecule has 2 aromatic heterocycles. The maximum Gasteiger partial charge on any atom is 0.251 e. The highest BCUT2D eigenvalue weighted by Gasteiger charge is 2.04. The molecule has 2 rings (SSSR count). The van der Waals surface area contributed by atoms with Gasteiger partial charge in [-0.3, -0.25) is 14.8 Å². The number of rotatable bonds is 3. The number of carbonyl (C=O) groups excluding carboxylic acids is 1. The Labute approximate surface area is 99.7 Å². The molecular weight excluding hydrogens is 214 g/mol. The standard InChI is InChI=1S/C13H13N3O/c1-10-8-12(4-7-15-10)13(17)16-9-11-2-5-14-6-3-11/h2-8H,9H2,1H3,(H,16,17). The van der Waals surface area contributed by atoms with Gasteiger partial charge in [-0.25, -0.2) is 0 Å². The van der Waals surface area contributed by atoms with Gasteiger partial charge in [-0.15, -0.1) is 0 Å². The smallest absolute Gasteiger partial charge is 0.251 e. The lowest BCUT2D eigenvalue weighted by atomic mass is 10.2. The van der Waals surface area contributed by atoms with Crippen molar-refractivity contribution in [3.8, 4) is 0 Å². The summed E-state index contributed by atoms with van der Waals surface area (Å²) in [6.45, 7) is 2.36. The van der Waals surface area contributed by atoms with Gasteiger partial charge in [0.2, 0.25) is 0 Å². The van der Waals surface area contributed by atoms with E-state index in [-0.39, 0.29) is 5.91 Å². The maximum absolute atomic E-state index is 11.8. The molecule has 0 saturated carbocycles. The zero-order valence-corrected chi connectivity index (χ0v) is 9.55. The molecule has 0 unspecified atom stereocenters. The average molecular weight is 227 g/mol. The van der Waals surface area contributed by atoms with E-state index in [1.165, 1.54) is 0 Å². The van der Waals surface area contributed by atoms with Crippen molar-refractivity contribution in [1.29, 1.82) is 0 Å². The largest absolute Gasteiger partial charge is 0.348 e. The fourth-order valence-corrected chi connectivity index (χ4v) is 1.47. The molecule has 86 valence electrons. The summed E-state index contributed by atoms with van der Waals surface area (Å²) in [5, 5.41) is 2.85. The third kappa shape index (κ3) is 3.11. The first kappa shape index (κ1) is 11.3. The van der Waals surface area contributed by atoms with Crippen molar-refractivity contribution in [3.05, 3.63) is 59.7 Å². The number of nitrogens with zero attached hydrogens (tertiary/aromatic N) is 2. The van der Waals surface area contributed by atoms with Crippen LogP contribution in [-0.2, 0) is 6.54 Å². The van der Waals surface area contributed by atoms with Crippen LogP contribution in [0.15, 0.2) is 42.9 Å². The van der Waals surface area contributed by atoms with Crippen LogP contribution < -0.4 is 5.32 Å². The van der Waals surface area contributed by atoms with Gasteiger partial charge in [0.05, 0.1) is 0 Å². The first-order valence-corrected chi connectivity index (χ1v) is 5.35. The Morgan fingerprint density at radius 3 is 2.71 bits per heavy atom. The van der Waals surface area contributed by atoms with Gasteiger partial charge in [-0.05, 0) is 36.8 Å². The van der Waals surface area contributed by atoms with Gasteiger partial charge in [0.25, 0.3) is 5.91 Å². The molecule has 4 nitrogen and oxygen atoms in total. The van der Waals surface area contributed by atoms with E-state index in [4.69, 9.17) is 0 Å². The minimum Gasteiger partial charge on any atom is -0.348 e. The number of pyridine rings is 2. The van der Waals surface area contributed by atoms with E-state index >= 15 is 0 Å². The molecule has 0 atom stereocenters. The van der Waals surface area contributed by atoms with E-state index in [1.54, 1.807) is 30.7 Å². The fourth-order valence-electron chi connectivity index (χ4n) is 1.47. The molecule has 0 aliphatic rings. The number of hydrogen-bond acceptors (Lipinski definition) is 3. The fraction of sp³-hybridized carbons (Fsp3) is 0.154. The average Bonchev–Trinajstić information content (AvgIpc) is 2.37. The van der Waals surface area contributed by atoms with Gasteiger partial charge in [0, 0.05) is 36.4 Å². The van der Waals surface area contributed by atoms with Gasteiger partial charge < -0.3 is 5.32 Å². The van der Waals surface area contributed by atoms with Gasteiger partial charge >= 0.3 is 0 Å². The van der Waals surface area contributed by atoms with E-state index in [9.17, 15) is 4.79 Å². The minimum absolute atomic E-state index is 0.0905. The Morgan fingerprint density at radius 2 is 2.00 bits per heavy atom. The number of amides is 1. The lowest BCUT2D eigenvalue weighted by Crippen LogP contribution is -2.22. The molecule has 0 saturated heterocycles. The molecule has 1 amide bonds. The third-order valence-electron chi connectivity index (χ3n) is 2.36. The Hall–Kier alpha value is -2.23. The van der Waals surface area contributed by atoms with Crippen molar-refractivity contribution in [2.24, 2.45) is 0 Å². The van der Waals surface area contributed by atoms with Crippen LogP contribution in [0.2, 0.25) is 0 Å². The second-order valence-corrected chi connectivity index (χ2v) is 3.72. The first-order chi connectivity index (χ1) is 8.25. The topological polar surface area (TPSA) is 54.9 Å². The molecule has 0 spiro atoms. The Morgan fingerprint density at radius 1 is 1.24 bits per heavy atom. The summed E-state index contributed by atoms with van der Waals surface area (Å²) in [5.74, 6) is -0.0905. The number of carbonyl (C=O) groups is 1. The van der Waals surface area contributed by atoms with Gasteiger partial charge in [0.15, 0.2) is 0 Å². The van der Waals surface area contributed by atoms with Gasteiger partial charge in [-0.2, -0.15) is 0 Å². The van der Waals surface area contributed by atoms with Gasteiger partial charge in [0.1, 0.15) is 0 Å². The second kappa shape index (κ2) is 5.21. The summed E-state index contributed by atoms with van der Waals surface area (Å²) >= 11 is 0.